The highest BCUT2D eigenvalue weighted by Crippen LogP contribution is 2.17. The molecule has 0 aliphatic rings. The van der Waals surface area contributed by atoms with Crippen molar-refractivity contribution in [2.24, 2.45) is 0 Å². The molecule has 0 aliphatic carbocycles. The minimum Gasteiger partial charge on any atom is -0.459 e. The molecule has 0 radical (unpaired) electrons. The molecule has 0 bridgehead atoms. The van der Waals surface area contributed by atoms with Crippen LogP contribution < -0.4 is 0 Å². The number of esters is 2. The Kier molecular flexibility index (Phi) is 12.6. The number of hydrogen-bond acceptors (Lipinski definition) is 4. The monoisotopic (exact) mass is 410 g/mol. The molecular weight excluding hydrogens is 376 g/mol. The summed E-state index contributed by atoms with van der Waals surface area (Å²) in [5.74, 6) is -0.800. The van der Waals surface area contributed by atoms with Crippen LogP contribution in [0.2, 0.25) is 0 Å². The molecule has 0 unspecified atom stereocenters. The summed E-state index contributed by atoms with van der Waals surface area (Å²) in [6.45, 7) is 14.9. The summed E-state index contributed by atoms with van der Waals surface area (Å²) in [5, 5.41) is 0. The molecule has 0 aliphatic heterocycles. The van der Waals surface area contributed by atoms with Gasteiger partial charge in [-0.2, -0.15) is 0 Å². The molecule has 30 heavy (non-hydrogen) atoms. The average molecular weight is 411 g/mol. The highest BCUT2D eigenvalue weighted by atomic mass is 16.5. The van der Waals surface area contributed by atoms with Crippen LogP contribution in [0.5, 0.6) is 0 Å². The second-order valence-corrected chi connectivity index (χ2v) is 7.10. The Morgan fingerprint density at radius 2 is 0.900 bits per heavy atom. The summed E-state index contributed by atoms with van der Waals surface area (Å²) < 4.78 is 11.2. The Labute approximate surface area is 181 Å². The van der Waals surface area contributed by atoms with E-state index in [1.54, 1.807) is 24.3 Å². The van der Waals surface area contributed by atoms with Crippen molar-refractivity contribution in [3.8, 4) is 0 Å². The van der Waals surface area contributed by atoms with Crippen LogP contribution in [0.15, 0.2) is 74.9 Å². The molecule has 0 aromatic heterocycles. The van der Waals surface area contributed by atoms with Crippen LogP contribution in [0.25, 0.3) is 0 Å². The average Bonchev–Trinajstić information content (AvgIpc) is 2.77. The zero-order chi connectivity index (χ0) is 22.2. The first-order valence-electron chi connectivity index (χ1n) is 10.5. The molecule has 4 heteroatoms. The lowest BCUT2D eigenvalue weighted by atomic mass is 10.1. The maximum absolute atomic E-state index is 12.5. The maximum atomic E-state index is 12.5. The molecule has 1 rings (SSSR count). The van der Waals surface area contributed by atoms with Gasteiger partial charge in [0, 0.05) is 0 Å². The third kappa shape index (κ3) is 9.55. The van der Waals surface area contributed by atoms with Crippen LogP contribution in [0.1, 0.15) is 72.1 Å². The van der Waals surface area contributed by atoms with E-state index in [-0.39, 0.29) is 12.2 Å². The van der Waals surface area contributed by atoms with E-state index >= 15 is 0 Å². The normalized spacial score (nSPS) is 10.5. The van der Waals surface area contributed by atoms with Gasteiger partial charge < -0.3 is 9.47 Å². The lowest BCUT2D eigenvalue weighted by Gasteiger charge is -2.17. The third-order valence-electron chi connectivity index (χ3n) is 4.67. The van der Waals surface area contributed by atoms with E-state index in [0.717, 1.165) is 51.4 Å². The smallest absolute Gasteiger partial charge is 0.338 e. The molecule has 0 fully saturated rings. The lowest BCUT2D eigenvalue weighted by Crippen LogP contribution is -2.19. The zero-order valence-electron chi connectivity index (χ0n) is 17.9. The van der Waals surface area contributed by atoms with Gasteiger partial charge in [0.2, 0.25) is 0 Å². The van der Waals surface area contributed by atoms with Crippen molar-refractivity contribution in [2.45, 2.75) is 63.6 Å². The zero-order valence-corrected chi connectivity index (χ0v) is 17.9. The van der Waals surface area contributed by atoms with Crippen molar-refractivity contribution >= 4 is 11.9 Å². The van der Waals surface area contributed by atoms with Gasteiger partial charge in [0.15, 0.2) is 0 Å². The van der Waals surface area contributed by atoms with Gasteiger partial charge in [-0.25, -0.2) is 9.59 Å². The second kappa shape index (κ2) is 15.0. The van der Waals surface area contributed by atoms with Crippen LogP contribution in [0.3, 0.4) is 0 Å². The predicted molar refractivity (Wildman–Crippen MR) is 123 cm³/mol. The molecule has 0 saturated heterocycles. The van der Waals surface area contributed by atoms with Gasteiger partial charge in [0.05, 0.1) is 11.1 Å². The first-order chi connectivity index (χ1) is 14.5. The van der Waals surface area contributed by atoms with Gasteiger partial charge in [-0.15, -0.1) is 26.3 Å². The van der Waals surface area contributed by atoms with Crippen molar-refractivity contribution < 1.29 is 19.1 Å². The number of carbonyl (C=O) groups is 2. The molecule has 0 N–H and O–H groups in total. The highest BCUT2D eigenvalue weighted by Gasteiger charge is 2.18. The van der Waals surface area contributed by atoms with Crippen molar-refractivity contribution in [2.75, 3.05) is 0 Å². The summed E-state index contributed by atoms with van der Waals surface area (Å²) in [6.07, 6.45) is 12.9. The highest BCUT2D eigenvalue weighted by molar-refractivity contribution is 5.93. The maximum Gasteiger partial charge on any atom is 0.338 e. The van der Waals surface area contributed by atoms with Crippen LogP contribution >= 0.6 is 0 Å². The fourth-order valence-electron chi connectivity index (χ4n) is 2.92. The summed E-state index contributed by atoms with van der Waals surface area (Å²) in [5.41, 5.74) is 0.812. The molecule has 0 amide bonds. The third-order valence-corrected chi connectivity index (χ3v) is 4.67. The number of ether oxygens (including phenoxy) is 2. The van der Waals surface area contributed by atoms with Crippen molar-refractivity contribution in [1.82, 2.24) is 0 Å². The first-order valence-corrected chi connectivity index (χ1v) is 10.5. The Morgan fingerprint density at radius 1 is 0.633 bits per heavy atom. The van der Waals surface area contributed by atoms with E-state index in [2.05, 4.69) is 26.3 Å². The van der Waals surface area contributed by atoms with Gasteiger partial charge in [0.1, 0.15) is 12.2 Å². The summed E-state index contributed by atoms with van der Waals surface area (Å²) in [4.78, 5) is 24.9. The molecule has 0 saturated carbocycles. The van der Waals surface area contributed by atoms with E-state index in [9.17, 15) is 9.59 Å². The summed E-state index contributed by atoms with van der Waals surface area (Å²) >= 11 is 0. The van der Waals surface area contributed by atoms with Gasteiger partial charge in [-0.3, -0.25) is 0 Å². The lowest BCUT2D eigenvalue weighted by molar-refractivity contribution is 0.0251. The Bertz CT molecular complexity index is 617. The Hall–Kier alpha value is -2.88. The van der Waals surface area contributed by atoms with Crippen molar-refractivity contribution in [3.05, 3.63) is 86.0 Å². The number of carbonyl (C=O) groups excluding carboxylic acids is 2. The quantitative estimate of drug-likeness (QED) is 0.227. The standard InChI is InChI=1S/C26H34O4/c1-5-9-13-23(14-10-6-2)29-25(27)21-17-19-22(20-18-21)26(28)30-24(15-11-7-3)16-12-8-4/h5-8,17-20,23-24H,1-4,9-16H2. The number of rotatable bonds is 16. The number of benzene rings is 1. The van der Waals surface area contributed by atoms with E-state index in [1.807, 2.05) is 24.3 Å². The molecule has 4 nitrogen and oxygen atoms in total. The summed E-state index contributed by atoms with van der Waals surface area (Å²) in [7, 11) is 0. The van der Waals surface area contributed by atoms with Gasteiger partial charge >= 0.3 is 11.9 Å². The number of allylic oxidation sites excluding steroid dienone is 4. The first kappa shape index (κ1) is 25.2. The van der Waals surface area contributed by atoms with E-state index in [4.69, 9.17) is 9.47 Å². The molecule has 1 aromatic rings. The molecule has 0 atom stereocenters. The minimum atomic E-state index is -0.400. The molecule has 1 aromatic carbocycles. The Morgan fingerprint density at radius 3 is 1.13 bits per heavy atom. The topological polar surface area (TPSA) is 52.6 Å². The Balaban J connectivity index is 2.72. The van der Waals surface area contributed by atoms with Gasteiger partial charge in [-0.05, 0) is 75.6 Å². The minimum absolute atomic E-state index is 0.186. The fraction of sp³-hybridized carbons (Fsp3) is 0.385. The SMILES string of the molecule is C=CCCC(CCC=C)OC(=O)c1ccc(C(=O)OC(CCC=C)CCC=C)cc1. The van der Waals surface area contributed by atoms with E-state index in [1.165, 1.54) is 0 Å². The second-order valence-electron chi connectivity index (χ2n) is 7.10. The fourth-order valence-corrected chi connectivity index (χ4v) is 2.92. The van der Waals surface area contributed by atoms with Crippen molar-refractivity contribution in [1.29, 1.82) is 0 Å². The molecule has 162 valence electrons. The number of hydrogen-bond donors (Lipinski definition) is 0. The predicted octanol–water partition coefficient (Wildman–Crippen LogP) is 6.60. The van der Waals surface area contributed by atoms with Gasteiger partial charge in [0.25, 0.3) is 0 Å². The molecular formula is C26H34O4. The largest absolute Gasteiger partial charge is 0.459 e. The van der Waals surface area contributed by atoms with E-state index in [0.29, 0.717) is 11.1 Å². The summed E-state index contributed by atoms with van der Waals surface area (Å²) in [6, 6.07) is 6.39. The molecule has 0 heterocycles. The van der Waals surface area contributed by atoms with Crippen molar-refractivity contribution in [3.63, 3.8) is 0 Å². The van der Waals surface area contributed by atoms with Crippen LogP contribution in [-0.2, 0) is 9.47 Å². The van der Waals surface area contributed by atoms with Crippen LogP contribution in [0.4, 0.5) is 0 Å². The van der Waals surface area contributed by atoms with Gasteiger partial charge in [-0.1, -0.05) is 24.3 Å². The molecule has 0 spiro atoms. The van der Waals surface area contributed by atoms with E-state index < -0.39 is 11.9 Å². The van der Waals surface area contributed by atoms with Crippen LogP contribution in [0, 0.1) is 0 Å². The van der Waals surface area contributed by atoms with Crippen LogP contribution in [-0.4, -0.2) is 24.1 Å².